The van der Waals surface area contributed by atoms with Gasteiger partial charge in [0.15, 0.2) is 11.6 Å². The van der Waals surface area contributed by atoms with Gasteiger partial charge in [-0.2, -0.15) is 0 Å². The SMILES string of the molecule is O=C(Nc1ncccc1OCC1CCCCC1)c1ccc(F)cc1I. The van der Waals surface area contributed by atoms with Gasteiger partial charge in [-0.3, -0.25) is 4.79 Å². The number of hydrogen-bond donors (Lipinski definition) is 1. The van der Waals surface area contributed by atoms with Crippen molar-refractivity contribution in [1.82, 2.24) is 4.98 Å². The molecule has 1 fully saturated rings. The molecule has 0 saturated heterocycles. The number of aromatic nitrogens is 1. The van der Waals surface area contributed by atoms with E-state index in [2.05, 4.69) is 10.3 Å². The Morgan fingerprint density at radius 2 is 2.08 bits per heavy atom. The van der Waals surface area contributed by atoms with Crippen molar-refractivity contribution in [1.29, 1.82) is 0 Å². The molecule has 0 bridgehead atoms. The van der Waals surface area contributed by atoms with Crippen LogP contribution in [0.15, 0.2) is 36.5 Å². The number of hydrogen-bond acceptors (Lipinski definition) is 3. The van der Waals surface area contributed by atoms with E-state index in [0.717, 1.165) is 0 Å². The van der Waals surface area contributed by atoms with Crippen molar-refractivity contribution in [2.24, 2.45) is 5.92 Å². The van der Waals surface area contributed by atoms with Crippen LogP contribution >= 0.6 is 22.6 Å². The first-order chi connectivity index (χ1) is 12.1. The van der Waals surface area contributed by atoms with Crippen molar-refractivity contribution in [3.63, 3.8) is 0 Å². The van der Waals surface area contributed by atoms with E-state index in [9.17, 15) is 9.18 Å². The number of anilines is 1. The molecule has 1 aromatic carbocycles. The van der Waals surface area contributed by atoms with Gasteiger partial charge >= 0.3 is 0 Å². The molecular weight excluding hydrogens is 434 g/mol. The first-order valence-electron chi connectivity index (χ1n) is 8.47. The number of amides is 1. The summed E-state index contributed by atoms with van der Waals surface area (Å²) in [7, 11) is 0. The van der Waals surface area contributed by atoms with Gasteiger partial charge in [0.2, 0.25) is 0 Å². The minimum absolute atomic E-state index is 0.328. The van der Waals surface area contributed by atoms with Crippen LogP contribution in [0.5, 0.6) is 5.75 Å². The molecular formula is C19H20FIN2O2. The lowest BCUT2D eigenvalue weighted by atomic mass is 9.90. The fourth-order valence-corrected chi connectivity index (χ4v) is 3.73. The highest BCUT2D eigenvalue weighted by atomic mass is 127. The fourth-order valence-electron chi connectivity index (χ4n) is 3.01. The lowest BCUT2D eigenvalue weighted by Gasteiger charge is -2.22. The summed E-state index contributed by atoms with van der Waals surface area (Å²) < 4.78 is 19.7. The predicted molar refractivity (Wildman–Crippen MR) is 103 cm³/mol. The van der Waals surface area contributed by atoms with Crippen LogP contribution in [0.3, 0.4) is 0 Å². The van der Waals surface area contributed by atoms with Gasteiger partial charge in [0, 0.05) is 9.77 Å². The van der Waals surface area contributed by atoms with E-state index < -0.39 is 0 Å². The van der Waals surface area contributed by atoms with E-state index in [1.807, 2.05) is 22.6 Å². The molecule has 0 radical (unpaired) electrons. The molecule has 0 unspecified atom stereocenters. The van der Waals surface area contributed by atoms with Gasteiger partial charge in [0.1, 0.15) is 5.82 Å². The summed E-state index contributed by atoms with van der Waals surface area (Å²) >= 11 is 1.95. The van der Waals surface area contributed by atoms with Crippen LogP contribution in [-0.2, 0) is 0 Å². The Kier molecular flexibility index (Phi) is 6.23. The summed E-state index contributed by atoms with van der Waals surface area (Å²) in [5.41, 5.74) is 0.408. The lowest BCUT2D eigenvalue weighted by Crippen LogP contribution is -2.18. The zero-order chi connectivity index (χ0) is 17.6. The molecule has 1 heterocycles. The summed E-state index contributed by atoms with van der Waals surface area (Å²) in [4.78, 5) is 16.7. The minimum atomic E-state index is -0.365. The Hall–Kier alpha value is -1.70. The number of benzene rings is 1. The number of ether oxygens (including phenoxy) is 1. The standard InChI is InChI=1S/C19H20FIN2O2/c20-14-8-9-15(16(21)11-14)19(24)23-18-17(7-4-10-22-18)25-12-13-5-2-1-3-6-13/h4,7-11,13H,1-3,5-6,12H2,(H,22,23,24). The molecule has 1 aliphatic carbocycles. The molecule has 0 spiro atoms. The quantitative estimate of drug-likeness (QED) is 0.645. The van der Waals surface area contributed by atoms with Crippen LogP contribution in [0, 0.1) is 15.3 Å². The number of nitrogens with one attached hydrogen (secondary N) is 1. The Morgan fingerprint density at radius 1 is 1.28 bits per heavy atom. The summed E-state index contributed by atoms with van der Waals surface area (Å²) in [6.07, 6.45) is 7.81. The predicted octanol–water partition coefficient (Wildman–Crippen LogP) is 5.04. The second-order valence-electron chi connectivity index (χ2n) is 6.24. The summed E-state index contributed by atoms with van der Waals surface area (Å²) in [6, 6.07) is 7.66. The van der Waals surface area contributed by atoms with Crippen molar-refractivity contribution >= 4 is 34.3 Å². The zero-order valence-electron chi connectivity index (χ0n) is 13.8. The van der Waals surface area contributed by atoms with E-state index in [1.165, 1.54) is 50.3 Å². The van der Waals surface area contributed by atoms with Crippen LogP contribution in [0.25, 0.3) is 0 Å². The largest absolute Gasteiger partial charge is 0.489 e. The molecule has 1 aromatic heterocycles. The molecule has 2 aromatic rings. The van der Waals surface area contributed by atoms with Crippen molar-refractivity contribution in [3.05, 3.63) is 51.5 Å². The van der Waals surface area contributed by atoms with Gasteiger partial charge in [-0.15, -0.1) is 0 Å². The summed E-state index contributed by atoms with van der Waals surface area (Å²) in [5, 5.41) is 2.77. The van der Waals surface area contributed by atoms with Crippen LogP contribution in [0.2, 0.25) is 0 Å². The summed E-state index contributed by atoms with van der Waals surface area (Å²) in [5.74, 6) is 0.832. The fraction of sp³-hybridized carbons (Fsp3) is 0.368. The van der Waals surface area contributed by atoms with E-state index in [4.69, 9.17) is 4.74 Å². The van der Waals surface area contributed by atoms with E-state index in [-0.39, 0.29) is 11.7 Å². The molecule has 0 atom stereocenters. The molecule has 25 heavy (non-hydrogen) atoms. The molecule has 0 aliphatic heterocycles. The van der Waals surface area contributed by atoms with Gasteiger partial charge in [-0.05, 0) is 71.7 Å². The second kappa shape index (κ2) is 8.60. The van der Waals surface area contributed by atoms with Gasteiger partial charge < -0.3 is 10.1 Å². The third kappa shape index (κ3) is 4.90. The molecule has 4 nitrogen and oxygen atoms in total. The minimum Gasteiger partial charge on any atom is -0.489 e. The lowest BCUT2D eigenvalue weighted by molar-refractivity contribution is 0.102. The summed E-state index contributed by atoms with van der Waals surface area (Å²) in [6.45, 7) is 0.642. The van der Waals surface area contributed by atoms with Gasteiger partial charge in [0.25, 0.3) is 5.91 Å². The Balaban J connectivity index is 1.68. The molecule has 132 valence electrons. The van der Waals surface area contributed by atoms with Crippen molar-refractivity contribution < 1.29 is 13.9 Å². The third-order valence-corrected chi connectivity index (χ3v) is 5.27. The maximum Gasteiger partial charge on any atom is 0.257 e. The molecule has 1 N–H and O–H groups in total. The van der Waals surface area contributed by atoms with Crippen molar-refractivity contribution in [3.8, 4) is 5.75 Å². The van der Waals surface area contributed by atoms with Gasteiger partial charge in [0.05, 0.1) is 12.2 Å². The first kappa shape index (κ1) is 18.1. The van der Waals surface area contributed by atoms with Crippen LogP contribution < -0.4 is 10.1 Å². The monoisotopic (exact) mass is 454 g/mol. The van der Waals surface area contributed by atoms with E-state index in [0.29, 0.717) is 33.2 Å². The molecule has 3 rings (SSSR count). The number of carbonyl (C=O) groups excluding carboxylic acids is 1. The molecule has 6 heteroatoms. The number of halogens is 2. The normalized spacial score (nSPS) is 15.0. The maximum absolute atomic E-state index is 13.2. The smallest absolute Gasteiger partial charge is 0.257 e. The number of nitrogens with zero attached hydrogens (tertiary/aromatic N) is 1. The van der Waals surface area contributed by atoms with Crippen LogP contribution in [-0.4, -0.2) is 17.5 Å². The van der Waals surface area contributed by atoms with Crippen molar-refractivity contribution in [2.75, 3.05) is 11.9 Å². The molecule has 1 amide bonds. The highest BCUT2D eigenvalue weighted by Gasteiger charge is 2.17. The maximum atomic E-state index is 13.2. The van der Waals surface area contributed by atoms with Gasteiger partial charge in [-0.25, -0.2) is 9.37 Å². The van der Waals surface area contributed by atoms with Crippen LogP contribution in [0.1, 0.15) is 42.5 Å². The van der Waals surface area contributed by atoms with E-state index in [1.54, 1.807) is 18.3 Å². The van der Waals surface area contributed by atoms with E-state index >= 15 is 0 Å². The third-order valence-electron chi connectivity index (χ3n) is 4.38. The molecule has 1 aliphatic rings. The number of pyridine rings is 1. The Labute approximate surface area is 160 Å². The highest BCUT2D eigenvalue weighted by molar-refractivity contribution is 14.1. The van der Waals surface area contributed by atoms with Crippen LogP contribution in [0.4, 0.5) is 10.2 Å². The number of rotatable bonds is 5. The molecule has 1 saturated carbocycles. The first-order valence-corrected chi connectivity index (χ1v) is 9.55. The number of carbonyl (C=O) groups is 1. The van der Waals surface area contributed by atoms with Crippen molar-refractivity contribution in [2.45, 2.75) is 32.1 Å². The topological polar surface area (TPSA) is 51.2 Å². The Morgan fingerprint density at radius 3 is 2.84 bits per heavy atom. The highest BCUT2D eigenvalue weighted by Crippen LogP contribution is 2.27. The average molecular weight is 454 g/mol. The average Bonchev–Trinajstić information content (AvgIpc) is 2.61. The Bertz CT molecular complexity index is 748. The second-order valence-corrected chi connectivity index (χ2v) is 7.41. The van der Waals surface area contributed by atoms with Gasteiger partial charge in [-0.1, -0.05) is 19.3 Å². The zero-order valence-corrected chi connectivity index (χ0v) is 16.0.